The number of hydrogen-bond acceptors (Lipinski definition) is 2. The second-order valence-electron chi connectivity index (χ2n) is 5.37. The van der Waals surface area contributed by atoms with Crippen molar-refractivity contribution in [1.29, 1.82) is 0 Å². The van der Waals surface area contributed by atoms with Crippen molar-refractivity contribution >= 4 is 11.9 Å². The van der Waals surface area contributed by atoms with Gasteiger partial charge in [-0.1, -0.05) is 36.8 Å². The molecule has 110 valence electrons. The summed E-state index contributed by atoms with van der Waals surface area (Å²) >= 11 is 0. The Balaban J connectivity index is 3.53. The lowest BCUT2D eigenvalue weighted by atomic mass is 9.83. The fourth-order valence-electron chi connectivity index (χ4n) is 2.79. The molecule has 1 unspecified atom stereocenters. The Kier molecular flexibility index (Phi) is 4.93. The Bertz CT molecular complexity index is 493. The topological polar surface area (TPSA) is 57.6 Å². The maximum absolute atomic E-state index is 12.0. The van der Waals surface area contributed by atoms with E-state index in [9.17, 15) is 14.7 Å². The highest BCUT2D eigenvalue weighted by atomic mass is 16.4. The minimum atomic E-state index is -1.31. The molecule has 20 heavy (non-hydrogen) atoms. The quantitative estimate of drug-likeness (QED) is 0.900. The molecule has 1 N–H and O–H groups in total. The van der Waals surface area contributed by atoms with Gasteiger partial charge in [-0.3, -0.25) is 4.79 Å². The molecule has 0 fully saturated rings. The van der Waals surface area contributed by atoms with Crippen LogP contribution in [-0.4, -0.2) is 27.9 Å². The number of hydrogen-bond donors (Lipinski definition) is 1. The first kappa shape index (κ1) is 16.2. The summed E-state index contributed by atoms with van der Waals surface area (Å²) in [7, 11) is 0. The number of aliphatic carboxylic acids is 1. The lowest BCUT2D eigenvalue weighted by Gasteiger charge is -2.42. The standard InChI is InChI=1S/C16H23NO3/c1-6-16(15(19)20,17(11(2)3)13(5)18)14-9-7-12(4)8-10-14/h7-11H,6H2,1-5H3,(H,19,20). The van der Waals surface area contributed by atoms with Crippen molar-refractivity contribution in [1.82, 2.24) is 4.90 Å². The third kappa shape index (κ3) is 2.69. The molecule has 1 aromatic rings. The number of carboxylic acids is 1. The molecule has 0 saturated carbocycles. The monoisotopic (exact) mass is 277 g/mol. The van der Waals surface area contributed by atoms with Crippen LogP contribution in [0, 0.1) is 6.92 Å². The van der Waals surface area contributed by atoms with Gasteiger partial charge in [0.05, 0.1) is 0 Å². The van der Waals surface area contributed by atoms with Crippen LogP contribution in [0.15, 0.2) is 24.3 Å². The molecule has 0 aliphatic heterocycles. The van der Waals surface area contributed by atoms with Crippen LogP contribution in [0.4, 0.5) is 0 Å². The summed E-state index contributed by atoms with van der Waals surface area (Å²) in [6.07, 6.45) is 0.323. The Morgan fingerprint density at radius 3 is 2.05 bits per heavy atom. The largest absolute Gasteiger partial charge is 0.479 e. The van der Waals surface area contributed by atoms with Gasteiger partial charge in [0.25, 0.3) is 0 Å². The fraction of sp³-hybridized carbons (Fsp3) is 0.500. The number of rotatable bonds is 5. The third-order valence-corrected chi connectivity index (χ3v) is 3.66. The lowest BCUT2D eigenvalue weighted by Crippen LogP contribution is -2.56. The molecule has 1 rings (SSSR count). The highest BCUT2D eigenvalue weighted by molar-refractivity contribution is 5.87. The number of carboxylic acid groups (broad SMARTS) is 1. The Morgan fingerprint density at radius 2 is 1.75 bits per heavy atom. The van der Waals surface area contributed by atoms with Crippen molar-refractivity contribution in [2.45, 2.75) is 52.6 Å². The fourth-order valence-corrected chi connectivity index (χ4v) is 2.79. The smallest absolute Gasteiger partial charge is 0.334 e. The van der Waals surface area contributed by atoms with Gasteiger partial charge >= 0.3 is 5.97 Å². The summed E-state index contributed by atoms with van der Waals surface area (Å²) in [6, 6.07) is 7.16. The first-order valence-electron chi connectivity index (χ1n) is 6.87. The highest BCUT2D eigenvalue weighted by Gasteiger charge is 2.47. The molecule has 4 heteroatoms. The van der Waals surface area contributed by atoms with E-state index in [0.717, 1.165) is 5.56 Å². The summed E-state index contributed by atoms with van der Waals surface area (Å²) in [5.41, 5.74) is 0.387. The Hall–Kier alpha value is -1.84. The first-order chi connectivity index (χ1) is 9.27. The second kappa shape index (κ2) is 6.07. The Morgan fingerprint density at radius 1 is 1.25 bits per heavy atom. The summed E-state index contributed by atoms with van der Waals surface area (Å²) in [4.78, 5) is 25.5. The van der Waals surface area contributed by atoms with Gasteiger partial charge in [-0.2, -0.15) is 0 Å². The zero-order valence-corrected chi connectivity index (χ0v) is 12.8. The molecule has 0 saturated heterocycles. The van der Waals surface area contributed by atoms with Gasteiger partial charge in [-0.05, 0) is 32.8 Å². The second-order valence-corrected chi connectivity index (χ2v) is 5.37. The van der Waals surface area contributed by atoms with Crippen LogP contribution in [0.2, 0.25) is 0 Å². The van der Waals surface area contributed by atoms with E-state index in [0.29, 0.717) is 12.0 Å². The zero-order chi connectivity index (χ0) is 15.5. The van der Waals surface area contributed by atoms with Crippen LogP contribution in [0.25, 0.3) is 0 Å². The molecule has 1 amide bonds. The molecular formula is C16H23NO3. The normalized spacial score (nSPS) is 13.9. The van der Waals surface area contributed by atoms with Crippen LogP contribution in [0.3, 0.4) is 0 Å². The van der Waals surface area contributed by atoms with Crippen LogP contribution in [0.5, 0.6) is 0 Å². The molecule has 4 nitrogen and oxygen atoms in total. The van der Waals surface area contributed by atoms with Crippen LogP contribution in [-0.2, 0) is 15.1 Å². The average Bonchev–Trinajstić information content (AvgIpc) is 2.35. The molecule has 0 heterocycles. The maximum atomic E-state index is 12.0. The molecule has 0 bridgehead atoms. The van der Waals surface area contributed by atoms with Gasteiger partial charge in [0.2, 0.25) is 5.91 Å². The molecule has 1 atom stereocenters. The number of carbonyl (C=O) groups is 2. The van der Waals surface area contributed by atoms with E-state index in [-0.39, 0.29) is 11.9 Å². The van der Waals surface area contributed by atoms with Crippen molar-refractivity contribution < 1.29 is 14.7 Å². The first-order valence-corrected chi connectivity index (χ1v) is 6.87. The number of nitrogens with zero attached hydrogens (tertiary/aromatic N) is 1. The molecule has 1 aromatic carbocycles. The Labute approximate surface area is 120 Å². The van der Waals surface area contributed by atoms with Crippen molar-refractivity contribution in [3.8, 4) is 0 Å². The molecule has 0 aromatic heterocycles. The minimum Gasteiger partial charge on any atom is -0.479 e. The number of aryl methyl sites for hydroxylation is 1. The van der Waals surface area contributed by atoms with Crippen LogP contribution in [0.1, 0.15) is 45.2 Å². The zero-order valence-electron chi connectivity index (χ0n) is 12.8. The summed E-state index contributed by atoms with van der Waals surface area (Å²) in [5.74, 6) is -1.22. The number of carbonyl (C=O) groups excluding carboxylic acids is 1. The third-order valence-electron chi connectivity index (χ3n) is 3.66. The molecule has 0 spiro atoms. The highest BCUT2D eigenvalue weighted by Crippen LogP contribution is 2.34. The summed E-state index contributed by atoms with van der Waals surface area (Å²) < 4.78 is 0. The molecular weight excluding hydrogens is 254 g/mol. The van der Waals surface area contributed by atoms with E-state index in [2.05, 4.69) is 0 Å². The van der Waals surface area contributed by atoms with Crippen LogP contribution >= 0.6 is 0 Å². The van der Waals surface area contributed by atoms with Crippen molar-refractivity contribution in [3.63, 3.8) is 0 Å². The van der Waals surface area contributed by atoms with Gasteiger partial charge in [-0.25, -0.2) is 4.79 Å². The number of amides is 1. The maximum Gasteiger partial charge on any atom is 0.334 e. The predicted molar refractivity (Wildman–Crippen MR) is 78.4 cm³/mol. The van der Waals surface area contributed by atoms with Crippen molar-refractivity contribution in [2.24, 2.45) is 0 Å². The lowest BCUT2D eigenvalue weighted by molar-refractivity contribution is -0.162. The summed E-state index contributed by atoms with van der Waals surface area (Å²) in [6.45, 7) is 8.84. The number of benzene rings is 1. The molecule has 0 radical (unpaired) electrons. The minimum absolute atomic E-state index is 0.190. The van der Waals surface area contributed by atoms with Gasteiger partial charge in [0.15, 0.2) is 5.54 Å². The van der Waals surface area contributed by atoms with Gasteiger partial charge in [-0.15, -0.1) is 0 Å². The van der Waals surface area contributed by atoms with Gasteiger partial charge in [0, 0.05) is 13.0 Å². The summed E-state index contributed by atoms with van der Waals surface area (Å²) in [5, 5.41) is 9.82. The van der Waals surface area contributed by atoms with Crippen LogP contribution < -0.4 is 0 Å². The van der Waals surface area contributed by atoms with E-state index in [1.165, 1.54) is 11.8 Å². The van der Waals surface area contributed by atoms with Gasteiger partial charge in [0.1, 0.15) is 0 Å². The SMILES string of the molecule is CCC(C(=O)O)(c1ccc(C)cc1)N(C(C)=O)C(C)C. The van der Waals surface area contributed by atoms with E-state index >= 15 is 0 Å². The van der Waals surface area contributed by atoms with Crippen molar-refractivity contribution in [2.75, 3.05) is 0 Å². The van der Waals surface area contributed by atoms with E-state index < -0.39 is 11.5 Å². The van der Waals surface area contributed by atoms with Crippen molar-refractivity contribution in [3.05, 3.63) is 35.4 Å². The van der Waals surface area contributed by atoms with E-state index in [4.69, 9.17) is 0 Å². The average molecular weight is 277 g/mol. The molecule has 0 aliphatic rings. The predicted octanol–water partition coefficient (Wildman–Crippen LogP) is 2.94. The van der Waals surface area contributed by atoms with E-state index in [1.807, 2.05) is 32.9 Å². The molecule has 0 aliphatic carbocycles. The van der Waals surface area contributed by atoms with E-state index in [1.54, 1.807) is 19.1 Å². The van der Waals surface area contributed by atoms with Gasteiger partial charge < -0.3 is 10.0 Å².